The predicted molar refractivity (Wildman–Crippen MR) is 78.1 cm³/mol. The maximum Gasteiger partial charge on any atom is 0.135 e. The average Bonchev–Trinajstić information content (AvgIpc) is 3.11. The first-order valence-electron chi connectivity index (χ1n) is 6.03. The molecule has 1 N–H and O–H groups in total. The molecule has 2 aromatic rings. The number of aryl methyl sites for hydroxylation is 1. The summed E-state index contributed by atoms with van der Waals surface area (Å²) in [5, 5.41) is 5.50. The summed E-state index contributed by atoms with van der Waals surface area (Å²) in [6.45, 7) is 2.97. The number of nitrogens with zero attached hydrogens (tertiary/aromatic N) is 2. The van der Waals surface area contributed by atoms with E-state index < -0.39 is 0 Å². The SMILES string of the molecule is Cc1ccsc1CNc1cc(Br)nc(C2CC2)n1. The van der Waals surface area contributed by atoms with E-state index in [9.17, 15) is 0 Å². The van der Waals surface area contributed by atoms with Gasteiger partial charge in [0.1, 0.15) is 16.2 Å². The molecule has 0 saturated heterocycles. The highest BCUT2D eigenvalue weighted by Crippen LogP contribution is 2.38. The van der Waals surface area contributed by atoms with E-state index in [1.54, 1.807) is 11.3 Å². The molecule has 5 heteroatoms. The lowest BCUT2D eigenvalue weighted by Gasteiger charge is -2.07. The third-order valence-corrected chi connectivity index (χ3v) is 4.48. The van der Waals surface area contributed by atoms with Crippen molar-refractivity contribution < 1.29 is 0 Å². The van der Waals surface area contributed by atoms with Crippen LogP contribution in [0.2, 0.25) is 0 Å². The van der Waals surface area contributed by atoms with Crippen LogP contribution in [0.25, 0.3) is 0 Å². The zero-order chi connectivity index (χ0) is 12.5. The Morgan fingerprint density at radius 3 is 2.94 bits per heavy atom. The molecular weight excluding hydrogens is 310 g/mol. The van der Waals surface area contributed by atoms with Gasteiger partial charge in [0.2, 0.25) is 0 Å². The fourth-order valence-corrected chi connectivity index (χ4v) is 3.05. The molecular formula is C13H14BrN3S. The van der Waals surface area contributed by atoms with Crippen LogP contribution in [0.3, 0.4) is 0 Å². The average molecular weight is 324 g/mol. The van der Waals surface area contributed by atoms with E-state index >= 15 is 0 Å². The minimum atomic E-state index is 0.575. The number of hydrogen-bond acceptors (Lipinski definition) is 4. The summed E-state index contributed by atoms with van der Waals surface area (Å²) in [4.78, 5) is 10.4. The van der Waals surface area contributed by atoms with Gasteiger partial charge in [0.05, 0.1) is 6.54 Å². The van der Waals surface area contributed by atoms with Gasteiger partial charge in [0.25, 0.3) is 0 Å². The fourth-order valence-electron chi connectivity index (χ4n) is 1.81. The number of aromatic nitrogens is 2. The Morgan fingerprint density at radius 1 is 1.44 bits per heavy atom. The first-order valence-corrected chi connectivity index (χ1v) is 7.71. The molecule has 1 saturated carbocycles. The van der Waals surface area contributed by atoms with Gasteiger partial charge >= 0.3 is 0 Å². The van der Waals surface area contributed by atoms with Crippen molar-refractivity contribution in [3.05, 3.63) is 38.4 Å². The molecule has 3 rings (SSSR count). The van der Waals surface area contributed by atoms with Crippen LogP contribution in [0.1, 0.15) is 35.0 Å². The monoisotopic (exact) mass is 323 g/mol. The molecule has 0 spiro atoms. The van der Waals surface area contributed by atoms with Gasteiger partial charge < -0.3 is 5.32 Å². The summed E-state index contributed by atoms with van der Waals surface area (Å²) in [6, 6.07) is 4.09. The molecule has 0 unspecified atom stereocenters. The van der Waals surface area contributed by atoms with E-state index in [0.717, 1.165) is 22.8 Å². The molecule has 3 nitrogen and oxygen atoms in total. The number of thiophene rings is 1. The maximum absolute atomic E-state index is 4.58. The van der Waals surface area contributed by atoms with E-state index in [2.05, 4.69) is 49.6 Å². The Balaban J connectivity index is 1.74. The molecule has 2 heterocycles. The van der Waals surface area contributed by atoms with Gasteiger partial charge in [-0.25, -0.2) is 9.97 Å². The highest BCUT2D eigenvalue weighted by Gasteiger charge is 2.27. The second-order valence-electron chi connectivity index (χ2n) is 4.59. The van der Waals surface area contributed by atoms with Crippen LogP contribution < -0.4 is 5.32 Å². The molecule has 2 aromatic heterocycles. The van der Waals surface area contributed by atoms with E-state index in [-0.39, 0.29) is 0 Å². The smallest absolute Gasteiger partial charge is 0.135 e. The van der Waals surface area contributed by atoms with Crippen molar-refractivity contribution in [3.63, 3.8) is 0 Å². The minimum absolute atomic E-state index is 0.575. The van der Waals surface area contributed by atoms with Crippen LogP contribution in [-0.2, 0) is 6.54 Å². The molecule has 0 atom stereocenters. The molecule has 1 fully saturated rings. The lowest BCUT2D eigenvalue weighted by Crippen LogP contribution is -2.04. The van der Waals surface area contributed by atoms with Gasteiger partial charge in [-0.1, -0.05) is 0 Å². The summed E-state index contributed by atoms with van der Waals surface area (Å²) in [5.41, 5.74) is 1.34. The first kappa shape index (κ1) is 12.1. The number of rotatable bonds is 4. The molecule has 0 aromatic carbocycles. The third kappa shape index (κ3) is 2.72. The van der Waals surface area contributed by atoms with Gasteiger partial charge in [0, 0.05) is 16.9 Å². The molecule has 0 amide bonds. The van der Waals surface area contributed by atoms with Gasteiger partial charge in [-0.3, -0.25) is 0 Å². The van der Waals surface area contributed by atoms with Gasteiger partial charge in [-0.2, -0.15) is 0 Å². The number of halogens is 1. The lowest BCUT2D eigenvalue weighted by atomic mass is 10.3. The van der Waals surface area contributed by atoms with Crippen LogP contribution in [0.4, 0.5) is 5.82 Å². The topological polar surface area (TPSA) is 37.8 Å². The Labute approximate surface area is 119 Å². The zero-order valence-corrected chi connectivity index (χ0v) is 12.5. The summed E-state index contributed by atoms with van der Waals surface area (Å²) < 4.78 is 0.866. The third-order valence-electron chi connectivity index (χ3n) is 3.05. The quantitative estimate of drug-likeness (QED) is 0.861. The molecule has 1 aliphatic rings. The summed E-state index contributed by atoms with van der Waals surface area (Å²) in [7, 11) is 0. The van der Waals surface area contributed by atoms with Crippen molar-refractivity contribution in [2.45, 2.75) is 32.2 Å². The van der Waals surface area contributed by atoms with E-state index in [1.165, 1.54) is 23.3 Å². The predicted octanol–water partition coefficient (Wildman–Crippen LogP) is 4.10. The Morgan fingerprint density at radius 2 is 2.28 bits per heavy atom. The molecule has 94 valence electrons. The molecule has 0 aliphatic heterocycles. The minimum Gasteiger partial charge on any atom is -0.365 e. The number of hydrogen-bond donors (Lipinski definition) is 1. The van der Waals surface area contributed by atoms with Gasteiger partial charge in [-0.15, -0.1) is 11.3 Å². The van der Waals surface area contributed by atoms with E-state index in [1.807, 2.05) is 6.07 Å². The van der Waals surface area contributed by atoms with E-state index in [4.69, 9.17) is 0 Å². The Bertz CT molecular complexity index is 563. The standard InChI is InChI=1S/C13H14BrN3S/c1-8-4-5-18-10(8)7-15-12-6-11(14)16-13(17-12)9-2-3-9/h4-6,9H,2-3,7H2,1H3,(H,15,16,17). The van der Waals surface area contributed by atoms with Crippen molar-refractivity contribution in [3.8, 4) is 0 Å². The van der Waals surface area contributed by atoms with Crippen LogP contribution in [-0.4, -0.2) is 9.97 Å². The number of nitrogens with one attached hydrogen (secondary N) is 1. The molecule has 0 bridgehead atoms. The number of anilines is 1. The summed E-state index contributed by atoms with van der Waals surface area (Å²) in [6.07, 6.45) is 2.44. The summed E-state index contributed by atoms with van der Waals surface area (Å²) >= 11 is 5.23. The molecule has 18 heavy (non-hydrogen) atoms. The van der Waals surface area contributed by atoms with Gasteiger partial charge in [-0.05, 0) is 52.7 Å². The Hall–Kier alpha value is -0.940. The highest BCUT2D eigenvalue weighted by molar-refractivity contribution is 9.10. The van der Waals surface area contributed by atoms with Crippen LogP contribution in [0.15, 0.2) is 22.1 Å². The lowest BCUT2D eigenvalue weighted by molar-refractivity contribution is 0.911. The normalized spacial score (nSPS) is 14.8. The Kier molecular flexibility index (Phi) is 3.35. The zero-order valence-electron chi connectivity index (χ0n) is 10.1. The fraction of sp³-hybridized carbons (Fsp3) is 0.385. The van der Waals surface area contributed by atoms with Crippen LogP contribution >= 0.6 is 27.3 Å². The van der Waals surface area contributed by atoms with E-state index in [0.29, 0.717) is 5.92 Å². The highest BCUT2D eigenvalue weighted by atomic mass is 79.9. The van der Waals surface area contributed by atoms with Crippen LogP contribution in [0, 0.1) is 6.92 Å². The van der Waals surface area contributed by atoms with Crippen molar-refractivity contribution in [1.82, 2.24) is 9.97 Å². The molecule has 1 aliphatic carbocycles. The summed E-state index contributed by atoms with van der Waals surface area (Å²) in [5.74, 6) is 2.45. The maximum atomic E-state index is 4.58. The van der Waals surface area contributed by atoms with Crippen LogP contribution in [0.5, 0.6) is 0 Å². The van der Waals surface area contributed by atoms with Crippen molar-refractivity contribution in [2.75, 3.05) is 5.32 Å². The second-order valence-corrected chi connectivity index (χ2v) is 6.40. The van der Waals surface area contributed by atoms with Crippen molar-refractivity contribution in [1.29, 1.82) is 0 Å². The first-order chi connectivity index (χ1) is 8.72. The molecule has 0 radical (unpaired) electrons. The second kappa shape index (κ2) is 4.97. The van der Waals surface area contributed by atoms with Crippen molar-refractivity contribution in [2.24, 2.45) is 0 Å². The van der Waals surface area contributed by atoms with Gasteiger partial charge in [0.15, 0.2) is 0 Å². The largest absolute Gasteiger partial charge is 0.365 e. The van der Waals surface area contributed by atoms with Crippen molar-refractivity contribution >= 4 is 33.1 Å².